The molecule has 5 nitrogen and oxygen atoms in total. The molecular weight excluding hydrogens is 366 g/mol. The molecule has 1 N–H and O–H groups in total. The van der Waals surface area contributed by atoms with Gasteiger partial charge in [0.2, 0.25) is 0 Å². The number of ether oxygens (including phenoxy) is 1. The standard InChI is InChI=1S/C24H43NO4/c1-4-5-6-7-8-9-10-11-12-13-14-15-16-17-18-22(26)23(27)25-21(20(2)3)19-29-24(25)28/h11-12,20-22,26H,4-10,13-19H2,1-3H3/b12-11-/t21-,22+/m0/s1. The van der Waals surface area contributed by atoms with Gasteiger partial charge in [-0.25, -0.2) is 9.69 Å². The fourth-order valence-corrected chi connectivity index (χ4v) is 3.70. The van der Waals surface area contributed by atoms with Gasteiger partial charge in [0.1, 0.15) is 12.7 Å². The summed E-state index contributed by atoms with van der Waals surface area (Å²) in [6.07, 6.45) is 17.7. The van der Waals surface area contributed by atoms with Crippen LogP contribution in [-0.4, -0.2) is 40.8 Å². The number of carbonyl (C=O) groups excluding carboxylic acids is 2. The summed E-state index contributed by atoms with van der Waals surface area (Å²) in [5, 5.41) is 10.2. The van der Waals surface area contributed by atoms with Gasteiger partial charge in [-0.3, -0.25) is 4.79 Å². The first-order chi connectivity index (χ1) is 14.0. The highest BCUT2D eigenvalue weighted by atomic mass is 16.6. The Balaban J connectivity index is 2.05. The highest BCUT2D eigenvalue weighted by molar-refractivity contribution is 5.95. The van der Waals surface area contributed by atoms with Crippen molar-refractivity contribution in [3.05, 3.63) is 12.2 Å². The lowest BCUT2D eigenvalue weighted by Gasteiger charge is -2.24. The average Bonchev–Trinajstić information content (AvgIpc) is 3.09. The van der Waals surface area contributed by atoms with Crippen LogP contribution in [0.1, 0.15) is 104 Å². The number of aliphatic hydroxyl groups excluding tert-OH is 1. The maximum atomic E-state index is 12.4. The van der Waals surface area contributed by atoms with E-state index in [1.807, 2.05) is 13.8 Å². The molecule has 0 radical (unpaired) electrons. The first-order valence-electron chi connectivity index (χ1n) is 11.8. The first-order valence-corrected chi connectivity index (χ1v) is 11.8. The Kier molecular flexibility index (Phi) is 13.7. The SMILES string of the molecule is CCCCCCCC/C=C\CCCCCC[C@@H](O)C(=O)N1C(=O)OC[C@H]1C(C)C. The van der Waals surface area contributed by atoms with Crippen LogP contribution in [0.15, 0.2) is 12.2 Å². The van der Waals surface area contributed by atoms with Crippen molar-refractivity contribution in [2.45, 2.75) is 116 Å². The highest BCUT2D eigenvalue weighted by Crippen LogP contribution is 2.21. The second kappa shape index (κ2) is 15.5. The van der Waals surface area contributed by atoms with Gasteiger partial charge in [-0.05, 0) is 38.0 Å². The normalized spacial score (nSPS) is 18.0. The van der Waals surface area contributed by atoms with Crippen molar-refractivity contribution in [3.8, 4) is 0 Å². The molecule has 0 aliphatic carbocycles. The topological polar surface area (TPSA) is 66.8 Å². The van der Waals surface area contributed by atoms with Crippen LogP contribution in [-0.2, 0) is 9.53 Å². The minimum atomic E-state index is -1.11. The molecular formula is C24H43NO4. The first kappa shape index (κ1) is 25.7. The van der Waals surface area contributed by atoms with Gasteiger partial charge in [0, 0.05) is 0 Å². The third kappa shape index (κ3) is 10.3. The van der Waals surface area contributed by atoms with Crippen molar-refractivity contribution in [2.75, 3.05) is 6.61 Å². The minimum absolute atomic E-state index is 0.117. The van der Waals surface area contributed by atoms with E-state index < -0.39 is 18.1 Å². The molecule has 0 aromatic rings. The summed E-state index contributed by atoms with van der Waals surface area (Å²) in [5.74, 6) is -0.393. The van der Waals surface area contributed by atoms with E-state index in [4.69, 9.17) is 4.74 Å². The summed E-state index contributed by atoms with van der Waals surface area (Å²) in [4.78, 5) is 25.3. The van der Waals surface area contributed by atoms with Crippen LogP contribution in [0.3, 0.4) is 0 Å². The maximum absolute atomic E-state index is 12.4. The maximum Gasteiger partial charge on any atom is 0.417 e. The molecule has 1 rings (SSSR count). The lowest BCUT2D eigenvalue weighted by molar-refractivity contribution is -0.139. The van der Waals surface area contributed by atoms with Gasteiger partial charge in [0.25, 0.3) is 5.91 Å². The van der Waals surface area contributed by atoms with Gasteiger partial charge in [-0.1, -0.05) is 84.3 Å². The minimum Gasteiger partial charge on any atom is -0.447 e. The van der Waals surface area contributed by atoms with E-state index in [2.05, 4.69) is 19.1 Å². The zero-order valence-corrected chi connectivity index (χ0v) is 18.9. The van der Waals surface area contributed by atoms with Gasteiger partial charge in [-0.2, -0.15) is 0 Å². The van der Waals surface area contributed by atoms with Crippen LogP contribution in [0.2, 0.25) is 0 Å². The summed E-state index contributed by atoms with van der Waals surface area (Å²) in [7, 11) is 0. The number of nitrogens with zero attached hydrogens (tertiary/aromatic N) is 1. The highest BCUT2D eigenvalue weighted by Gasteiger charge is 2.41. The third-order valence-electron chi connectivity index (χ3n) is 5.69. The van der Waals surface area contributed by atoms with Crippen molar-refractivity contribution in [3.63, 3.8) is 0 Å². The molecule has 1 saturated heterocycles. The van der Waals surface area contributed by atoms with E-state index >= 15 is 0 Å². The number of imide groups is 1. The smallest absolute Gasteiger partial charge is 0.417 e. The molecule has 1 aliphatic heterocycles. The number of cyclic esters (lactones) is 1. The Bertz CT molecular complexity index is 489. The second-order valence-electron chi connectivity index (χ2n) is 8.63. The van der Waals surface area contributed by atoms with Crippen molar-refractivity contribution < 1.29 is 19.4 Å². The lowest BCUT2D eigenvalue weighted by Crippen LogP contribution is -2.46. The Morgan fingerprint density at radius 1 is 1.03 bits per heavy atom. The molecule has 2 amide bonds. The third-order valence-corrected chi connectivity index (χ3v) is 5.69. The molecule has 0 saturated carbocycles. The number of hydrogen-bond acceptors (Lipinski definition) is 4. The summed E-state index contributed by atoms with van der Waals surface area (Å²) in [6, 6.07) is -0.271. The van der Waals surface area contributed by atoms with Crippen LogP contribution < -0.4 is 0 Å². The van der Waals surface area contributed by atoms with Gasteiger partial charge >= 0.3 is 6.09 Å². The molecule has 0 bridgehead atoms. The van der Waals surface area contributed by atoms with Crippen LogP contribution >= 0.6 is 0 Å². The molecule has 1 aliphatic rings. The molecule has 1 fully saturated rings. The van der Waals surface area contributed by atoms with Gasteiger partial charge < -0.3 is 9.84 Å². The Labute approximate surface area is 177 Å². The van der Waals surface area contributed by atoms with Crippen molar-refractivity contribution >= 4 is 12.0 Å². The lowest BCUT2D eigenvalue weighted by atomic mass is 10.0. The van der Waals surface area contributed by atoms with E-state index in [0.29, 0.717) is 6.42 Å². The quantitative estimate of drug-likeness (QED) is 0.251. The monoisotopic (exact) mass is 409 g/mol. The molecule has 168 valence electrons. The van der Waals surface area contributed by atoms with Gasteiger partial charge in [-0.15, -0.1) is 0 Å². The number of rotatable bonds is 16. The number of allylic oxidation sites excluding steroid dienone is 2. The van der Waals surface area contributed by atoms with Crippen molar-refractivity contribution in [1.82, 2.24) is 4.90 Å². The summed E-state index contributed by atoms with van der Waals surface area (Å²) in [6.45, 7) is 6.36. The summed E-state index contributed by atoms with van der Waals surface area (Å²) >= 11 is 0. The van der Waals surface area contributed by atoms with E-state index in [9.17, 15) is 14.7 Å². The molecule has 0 unspecified atom stereocenters. The summed E-state index contributed by atoms with van der Waals surface area (Å²) in [5.41, 5.74) is 0. The molecule has 0 spiro atoms. The van der Waals surface area contributed by atoms with Crippen LogP contribution in [0.5, 0.6) is 0 Å². The Morgan fingerprint density at radius 3 is 2.17 bits per heavy atom. The summed E-state index contributed by atoms with van der Waals surface area (Å²) < 4.78 is 4.99. The van der Waals surface area contributed by atoms with Gasteiger partial charge in [0.05, 0.1) is 6.04 Å². The van der Waals surface area contributed by atoms with Crippen molar-refractivity contribution in [1.29, 1.82) is 0 Å². The zero-order valence-electron chi connectivity index (χ0n) is 18.9. The van der Waals surface area contributed by atoms with E-state index in [-0.39, 0.29) is 18.6 Å². The Morgan fingerprint density at radius 2 is 1.59 bits per heavy atom. The predicted octanol–water partition coefficient (Wildman–Crippen LogP) is 6.00. The molecule has 5 heteroatoms. The zero-order chi connectivity index (χ0) is 21.5. The largest absolute Gasteiger partial charge is 0.447 e. The number of carbonyl (C=O) groups is 2. The molecule has 2 atom stereocenters. The van der Waals surface area contributed by atoms with E-state index in [1.54, 1.807) is 0 Å². The average molecular weight is 410 g/mol. The van der Waals surface area contributed by atoms with E-state index in [1.165, 1.54) is 44.9 Å². The van der Waals surface area contributed by atoms with Crippen LogP contribution in [0.25, 0.3) is 0 Å². The van der Waals surface area contributed by atoms with Crippen molar-refractivity contribution in [2.24, 2.45) is 5.92 Å². The molecule has 29 heavy (non-hydrogen) atoms. The number of unbranched alkanes of at least 4 members (excludes halogenated alkanes) is 10. The number of amides is 2. The van der Waals surface area contributed by atoms with Crippen LogP contribution in [0, 0.1) is 5.92 Å². The predicted molar refractivity (Wildman–Crippen MR) is 118 cm³/mol. The molecule has 0 aromatic carbocycles. The molecule has 0 aromatic heterocycles. The fraction of sp³-hybridized carbons (Fsp3) is 0.833. The van der Waals surface area contributed by atoms with E-state index in [0.717, 1.165) is 37.0 Å². The number of aliphatic hydroxyl groups is 1. The number of hydrogen-bond donors (Lipinski definition) is 1. The van der Waals surface area contributed by atoms with Gasteiger partial charge in [0.15, 0.2) is 0 Å². The fourth-order valence-electron chi connectivity index (χ4n) is 3.70. The molecule has 1 heterocycles. The second-order valence-corrected chi connectivity index (χ2v) is 8.63. The Hall–Kier alpha value is -1.36. The van der Waals surface area contributed by atoms with Crippen LogP contribution in [0.4, 0.5) is 4.79 Å².